The maximum Gasteiger partial charge on any atom is 0.283 e. The standard InChI is InChI=1S/C14H15N5O4S2/c1-19-12(9-4-6-25(20,21)8-9)16-18-14(19)24-7-11-15-17-13(23-11)10-3-2-5-22-10/h2-3,5,9H,4,6-8H2,1H3. The van der Waals surface area contributed by atoms with Gasteiger partial charge in [-0.15, -0.1) is 20.4 Å². The van der Waals surface area contributed by atoms with E-state index < -0.39 is 9.84 Å². The Morgan fingerprint density at radius 2 is 2.20 bits per heavy atom. The summed E-state index contributed by atoms with van der Waals surface area (Å²) < 4.78 is 35.9. The van der Waals surface area contributed by atoms with Crippen molar-refractivity contribution in [1.29, 1.82) is 0 Å². The van der Waals surface area contributed by atoms with Crippen molar-refractivity contribution < 1.29 is 17.3 Å². The molecule has 1 atom stereocenters. The summed E-state index contributed by atoms with van der Waals surface area (Å²) in [6, 6.07) is 3.49. The fraction of sp³-hybridized carbons (Fsp3) is 0.429. The number of hydrogen-bond acceptors (Lipinski definition) is 9. The molecule has 0 bridgehead atoms. The minimum Gasteiger partial charge on any atom is -0.459 e. The van der Waals surface area contributed by atoms with E-state index in [1.807, 2.05) is 11.6 Å². The first-order valence-electron chi connectivity index (χ1n) is 7.60. The molecule has 25 heavy (non-hydrogen) atoms. The number of hydrogen-bond donors (Lipinski definition) is 0. The molecule has 0 spiro atoms. The fourth-order valence-electron chi connectivity index (χ4n) is 2.74. The van der Waals surface area contributed by atoms with Gasteiger partial charge < -0.3 is 13.4 Å². The van der Waals surface area contributed by atoms with Gasteiger partial charge in [0.05, 0.1) is 23.5 Å². The van der Waals surface area contributed by atoms with Crippen LogP contribution in [-0.2, 0) is 22.6 Å². The number of aromatic nitrogens is 5. The zero-order valence-corrected chi connectivity index (χ0v) is 15.0. The van der Waals surface area contributed by atoms with E-state index in [9.17, 15) is 8.42 Å². The molecule has 1 aliphatic rings. The minimum atomic E-state index is -2.96. The van der Waals surface area contributed by atoms with Crippen molar-refractivity contribution in [1.82, 2.24) is 25.0 Å². The molecule has 0 aliphatic carbocycles. The lowest BCUT2D eigenvalue weighted by Crippen LogP contribution is -2.09. The number of rotatable bonds is 5. The van der Waals surface area contributed by atoms with Gasteiger partial charge in [-0.05, 0) is 18.6 Å². The van der Waals surface area contributed by atoms with Crippen LogP contribution < -0.4 is 0 Å². The zero-order chi connectivity index (χ0) is 17.4. The van der Waals surface area contributed by atoms with E-state index >= 15 is 0 Å². The average Bonchev–Trinajstić information content (AvgIpc) is 3.32. The Hall–Kier alpha value is -2.14. The monoisotopic (exact) mass is 381 g/mol. The van der Waals surface area contributed by atoms with E-state index in [-0.39, 0.29) is 17.4 Å². The summed E-state index contributed by atoms with van der Waals surface area (Å²) in [5.41, 5.74) is 0. The Morgan fingerprint density at radius 3 is 2.92 bits per heavy atom. The van der Waals surface area contributed by atoms with E-state index in [0.29, 0.717) is 40.7 Å². The first-order chi connectivity index (χ1) is 12.0. The summed E-state index contributed by atoms with van der Waals surface area (Å²) in [7, 11) is -1.12. The van der Waals surface area contributed by atoms with Gasteiger partial charge in [0, 0.05) is 13.0 Å². The van der Waals surface area contributed by atoms with Gasteiger partial charge >= 0.3 is 0 Å². The average molecular weight is 381 g/mol. The highest BCUT2D eigenvalue weighted by Crippen LogP contribution is 2.30. The summed E-state index contributed by atoms with van der Waals surface area (Å²) >= 11 is 1.40. The lowest BCUT2D eigenvalue weighted by molar-refractivity contribution is 0.494. The van der Waals surface area contributed by atoms with Crippen LogP contribution >= 0.6 is 11.8 Å². The predicted octanol–water partition coefficient (Wildman–Crippen LogP) is 1.65. The Bertz CT molecular complexity index is 977. The van der Waals surface area contributed by atoms with Crippen molar-refractivity contribution in [3.8, 4) is 11.7 Å². The number of thioether (sulfide) groups is 1. The molecule has 4 rings (SSSR count). The molecule has 0 radical (unpaired) electrons. The summed E-state index contributed by atoms with van der Waals surface area (Å²) in [6.45, 7) is 0. The largest absolute Gasteiger partial charge is 0.459 e. The van der Waals surface area contributed by atoms with Crippen molar-refractivity contribution in [3.63, 3.8) is 0 Å². The van der Waals surface area contributed by atoms with Crippen molar-refractivity contribution in [3.05, 3.63) is 30.1 Å². The molecule has 0 N–H and O–H groups in total. The molecule has 0 saturated carbocycles. The third-order valence-corrected chi connectivity index (χ3v) is 6.76. The molecule has 4 heterocycles. The second-order valence-corrected chi connectivity index (χ2v) is 8.94. The van der Waals surface area contributed by atoms with E-state index in [1.165, 1.54) is 18.0 Å². The molecule has 1 fully saturated rings. The summed E-state index contributed by atoms with van der Waals surface area (Å²) in [4.78, 5) is 0. The van der Waals surface area contributed by atoms with Crippen LogP contribution in [0, 0.1) is 0 Å². The van der Waals surface area contributed by atoms with Gasteiger partial charge in [0.1, 0.15) is 5.82 Å². The molecule has 0 amide bonds. The Morgan fingerprint density at radius 1 is 1.32 bits per heavy atom. The molecule has 132 valence electrons. The maximum atomic E-state index is 11.6. The topological polar surface area (TPSA) is 117 Å². The minimum absolute atomic E-state index is 0.0918. The molecule has 1 unspecified atom stereocenters. The first-order valence-corrected chi connectivity index (χ1v) is 10.4. The van der Waals surface area contributed by atoms with Gasteiger partial charge in [0.25, 0.3) is 5.89 Å². The highest BCUT2D eigenvalue weighted by Gasteiger charge is 2.32. The summed E-state index contributed by atoms with van der Waals surface area (Å²) in [6.07, 6.45) is 2.13. The maximum absolute atomic E-state index is 11.6. The van der Waals surface area contributed by atoms with Crippen LogP contribution in [-0.4, -0.2) is 44.9 Å². The lowest BCUT2D eigenvalue weighted by Gasteiger charge is -2.07. The fourth-order valence-corrected chi connectivity index (χ4v) is 5.24. The number of sulfone groups is 1. The normalized spacial score (nSPS) is 19.5. The Labute approximate surface area is 147 Å². The number of furan rings is 1. The SMILES string of the molecule is Cn1c(SCc2nnc(-c3ccco3)o2)nnc1C1CCS(=O)(=O)C1. The molecule has 3 aromatic rings. The van der Waals surface area contributed by atoms with Crippen LogP contribution in [0.25, 0.3) is 11.7 Å². The van der Waals surface area contributed by atoms with Crippen LogP contribution in [0.1, 0.15) is 24.1 Å². The van der Waals surface area contributed by atoms with Gasteiger partial charge in [0.15, 0.2) is 20.8 Å². The van der Waals surface area contributed by atoms with E-state index in [0.717, 1.165) is 0 Å². The summed E-state index contributed by atoms with van der Waals surface area (Å²) in [5.74, 6) is 2.69. The Kier molecular flexibility index (Phi) is 4.12. The van der Waals surface area contributed by atoms with Gasteiger partial charge in [-0.25, -0.2) is 8.42 Å². The van der Waals surface area contributed by atoms with Crippen LogP contribution in [0.2, 0.25) is 0 Å². The highest BCUT2D eigenvalue weighted by atomic mass is 32.2. The van der Waals surface area contributed by atoms with Gasteiger partial charge in [-0.3, -0.25) is 0 Å². The third-order valence-electron chi connectivity index (χ3n) is 3.99. The number of nitrogens with zero attached hydrogens (tertiary/aromatic N) is 5. The van der Waals surface area contributed by atoms with Crippen molar-refractivity contribution in [2.45, 2.75) is 23.2 Å². The third kappa shape index (κ3) is 3.33. The quantitative estimate of drug-likeness (QED) is 0.608. The molecule has 11 heteroatoms. The van der Waals surface area contributed by atoms with Crippen molar-refractivity contribution in [2.75, 3.05) is 11.5 Å². The van der Waals surface area contributed by atoms with Gasteiger partial charge in [-0.2, -0.15) is 0 Å². The second kappa shape index (κ2) is 6.30. The molecule has 1 aliphatic heterocycles. The van der Waals surface area contributed by atoms with Crippen LogP contribution in [0.4, 0.5) is 0 Å². The smallest absolute Gasteiger partial charge is 0.283 e. The van der Waals surface area contributed by atoms with E-state index in [1.54, 1.807) is 12.1 Å². The molecule has 3 aromatic heterocycles. The molecular weight excluding hydrogens is 366 g/mol. The van der Waals surface area contributed by atoms with E-state index in [4.69, 9.17) is 8.83 Å². The molecule has 9 nitrogen and oxygen atoms in total. The lowest BCUT2D eigenvalue weighted by atomic mass is 10.1. The summed E-state index contributed by atoms with van der Waals surface area (Å²) in [5, 5.41) is 16.9. The molecule has 1 saturated heterocycles. The first kappa shape index (κ1) is 16.3. The van der Waals surface area contributed by atoms with Gasteiger partial charge in [0.2, 0.25) is 5.89 Å². The zero-order valence-electron chi connectivity index (χ0n) is 13.3. The highest BCUT2D eigenvalue weighted by molar-refractivity contribution is 7.98. The molecular formula is C14H15N5O4S2. The van der Waals surface area contributed by atoms with Crippen LogP contribution in [0.15, 0.2) is 32.4 Å². The van der Waals surface area contributed by atoms with Crippen molar-refractivity contribution >= 4 is 21.6 Å². The molecule has 0 aromatic carbocycles. The van der Waals surface area contributed by atoms with Gasteiger partial charge in [-0.1, -0.05) is 11.8 Å². The predicted molar refractivity (Wildman–Crippen MR) is 88.6 cm³/mol. The van der Waals surface area contributed by atoms with E-state index in [2.05, 4.69) is 20.4 Å². The van der Waals surface area contributed by atoms with Crippen molar-refractivity contribution in [2.24, 2.45) is 7.05 Å². The van der Waals surface area contributed by atoms with Crippen LogP contribution in [0.5, 0.6) is 0 Å². The Balaban J connectivity index is 1.44. The van der Waals surface area contributed by atoms with Crippen LogP contribution in [0.3, 0.4) is 0 Å². The second-order valence-electron chi connectivity index (χ2n) is 5.77.